The summed E-state index contributed by atoms with van der Waals surface area (Å²) in [5.41, 5.74) is 1.11. The zero-order chi connectivity index (χ0) is 23.6. The average Bonchev–Trinajstić information content (AvgIpc) is 2.95. The summed E-state index contributed by atoms with van der Waals surface area (Å²) in [6.07, 6.45) is -0.410. The minimum Gasteiger partial charge on any atom is -0.447 e. The van der Waals surface area contributed by atoms with E-state index >= 15 is 0 Å². The van der Waals surface area contributed by atoms with Crippen molar-refractivity contribution in [3.05, 3.63) is 35.2 Å². The first-order valence-electron chi connectivity index (χ1n) is 10.5. The van der Waals surface area contributed by atoms with Crippen molar-refractivity contribution in [1.82, 2.24) is 9.80 Å². The van der Waals surface area contributed by atoms with Gasteiger partial charge in [-0.05, 0) is 63.5 Å². The number of likely N-dealkylation sites (tertiary alicyclic amines) is 1. The number of nitrogens with zero attached hydrogens (tertiary/aromatic N) is 4. The van der Waals surface area contributed by atoms with Gasteiger partial charge in [-0.1, -0.05) is 6.07 Å². The minimum absolute atomic E-state index is 0.0258. The molecule has 2 N–H and O–H groups in total. The molecule has 2 fully saturated rings. The Morgan fingerprint density at radius 2 is 2.03 bits per heavy atom. The molecule has 9 nitrogen and oxygen atoms in total. The summed E-state index contributed by atoms with van der Waals surface area (Å²) in [5, 5.41) is 18.6. The van der Waals surface area contributed by atoms with E-state index in [0.29, 0.717) is 42.4 Å². The monoisotopic (exact) mass is 460 g/mol. The van der Waals surface area contributed by atoms with Crippen LogP contribution in [0.3, 0.4) is 0 Å². The maximum absolute atomic E-state index is 13.3. The Morgan fingerprint density at radius 1 is 1.38 bits per heavy atom. The Morgan fingerprint density at radius 3 is 2.59 bits per heavy atom. The van der Waals surface area contributed by atoms with Crippen LogP contribution in [0.2, 0.25) is 0 Å². The number of hydrogen-bond donors (Lipinski definition) is 2. The number of carbonyl (C=O) groups excluding carboxylic acids is 2. The van der Waals surface area contributed by atoms with Crippen molar-refractivity contribution < 1.29 is 24.5 Å². The van der Waals surface area contributed by atoms with Crippen LogP contribution in [0.25, 0.3) is 4.85 Å². The lowest BCUT2D eigenvalue weighted by Crippen LogP contribution is -2.54. The van der Waals surface area contributed by atoms with E-state index in [1.165, 1.54) is 4.90 Å². The molecule has 0 bridgehead atoms. The van der Waals surface area contributed by atoms with Crippen LogP contribution in [0.4, 0.5) is 16.2 Å². The van der Waals surface area contributed by atoms with Crippen LogP contribution in [0, 0.1) is 13.5 Å². The summed E-state index contributed by atoms with van der Waals surface area (Å²) in [5.74, 6) is -0.128. The highest BCUT2D eigenvalue weighted by Crippen LogP contribution is 2.37. The molecule has 2 aliphatic heterocycles. The van der Waals surface area contributed by atoms with Gasteiger partial charge in [-0.25, -0.2) is 9.64 Å². The molecule has 1 aromatic rings. The number of piperidine rings is 1. The number of benzene rings is 1. The van der Waals surface area contributed by atoms with Crippen molar-refractivity contribution >= 4 is 40.7 Å². The largest absolute Gasteiger partial charge is 0.447 e. The van der Waals surface area contributed by atoms with Crippen molar-refractivity contribution in [3.63, 3.8) is 0 Å². The normalized spacial score (nSPS) is 19.8. The fourth-order valence-electron chi connectivity index (χ4n) is 4.17. The number of rotatable bonds is 5. The zero-order valence-corrected chi connectivity index (χ0v) is 19.3. The van der Waals surface area contributed by atoms with Gasteiger partial charge in [-0.3, -0.25) is 9.69 Å². The van der Waals surface area contributed by atoms with E-state index in [2.05, 4.69) is 4.85 Å². The van der Waals surface area contributed by atoms with Crippen molar-refractivity contribution in [2.24, 2.45) is 0 Å². The standard InChI is InChI=1S/C22H28N4O5S/c1-14-11-16(5-6-18(14)23-4)25-19(29)22(2,3)26(20(25)32)15-7-9-24(10-8-15)21(30)31-13-17(28)12-27/h5-6,11,15,17,27-28H,7-10,12-13H2,1-3H3. The molecule has 32 heavy (non-hydrogen) atoms. The van der Waals surface area contributed by atoms with Crippen molar-refractivity contribution in [3.8, 4) is 0 Å². The summed E-state index contributed by atoms with van der Waals surface area (Å²) >= 11 is 5.73. The molecule has 2 saturated heterocycles. The van der Waals surface area contributed by atoms with Crippen molar-refractivity contribution in [2.75, 3.05) is 31.2 Å². The molecule has 1 aromatic carbocycles. The quantitative estimate of drug-likeness (QED) is 0.514. The second-order valence-electron chi connectivity index (χ2n) is 8.57. The SMILES string of the molecule is [C-]#[N+]c1ccc(N2C(=O)C(C)(C)N(C3CCN(C(=O)OCC(O)CO)CC3)C2=S)cc1C. The van der Waals surface area contributed by atoms with Gasteiger partial charge in [-0.15, -0.1) is 0 Å². The summed E-state index contributed by atoms with van der Waals surface area (Å²) in [6, 6.07) is 5.21. The van der Waals surface area contributed by atoms with E-state index in [0.717, 1.165) is 5.56 Å². The van der Waals surface area contributed by atoms with Gasteiger partial charge in [-0.2, -0.15) is 0 Å². The third kappa shape index (κ3) is 4.41. The second kappa shape index (κ2) is 9.40. The highest BCUT2D eigenvalue weighted by molar-refractivity contribution is 7.80. The topological polar surface area (TPSA) is 97.9 Å². The molecule has 0 saturated carbocycles. The lowest BCUT2D eigenvalue weighted by atomic mass is 9.96. The smallest absolute Gasteiger partial charge is 0.409 e. The molecule has 1 atom stereocenters. The number of ether oxygens (including phenoxy) is 1. The fourth-order valence-corrected chi connectivity index (χ4v) is 4.74. The summed E-state index contributed by atoms with van der Waals surface area (Å²) in [7, 11) is 0. The molecular weight excluding hydrogens is 432 g/mol. The van der Waals surface area contributed by atoms with Gasteiger partial charge in [0, 0.05) is 24.8 Å². The molecule has 3 rings (SSSR count). The molecule has 0 aliphatic carbocycles. The van der Waals surface area contributed by atoms with Crippen LogP contribution < -0.4 is 4.90 Å². The molecule has 2 amide bonds. The van der Waals surface area contributed by atoms with Gasteiger partial charge in [0.25, 0.3) is 5.91 Å². The summed E-state index contributed by atoms with van der Waals surface area (Å²) < 4.78 is 5.03. The number of thiocarbonyl (C=S) groups is 1. The molecule has 0 aromatic heterocycles. The average molecular weight is 461 g/mol. The predicted octanol–water partition coefficient (Wildman–Crippen LogP) is 2.21. The van der Waals surface area contributed by atoms with Crippen LogP contribution in [0.15, 0.2) is 18.2 Å². The zero-order valence-electron chi connectivity index (χ0n) is 18.4. The number of aliphatic hydroxyl groups excluding tert-OH is 2. The Kier molecular flexibility index (Phi) is 7.03. The van der Waals surface area contributed by atoms with Crippen molar-refractivity contribution in [2.45, 2.75) is 51.3 Å². The first-order chi connectivity index (χ1) is 15.1. The van der Waals surface area contributed by atoms with E-state index < -0.39 is 24.3 Å². The highest BCUT2D eigenvalue weighted by Gasteiger charge is 2.52. The number of hydrogen-bond acceptors (Lipinski definition) is 6. The molecule has 0 radical (unpaired) electrons. The Balaban J connectivity index is 1.72. The molecule has 0 spiro atoms. The highest BCUT2D eigenvalue weighted by atomic mass is 32.1. The third-order valence-corrected chi connectivity index (χ3v) is 6.36. The van der Waals surface area contributed by atoms with Gasteiger partial charge in [0.05, 0.1) is 13.2 Å². The Labute approximate surface area is 193 Å². The number of anilines is 1. The lowest BCUT2D eigenvalue weighted by molar-refractivity contribution is -0.124. The van der Waals surface area contributed by atoms with E-state index in [9.17, 15) is 14.7 Å². The maximum Gasteiger partial charge on any atom is 0.409 e. The van der Waals surface area contributed by atoms with Crippen LogP contribution >= 0.6 is 12.2 Å². The lowest BCUT2D eigenvalue weighted by Gasteiger charge is -2.41. The van der Waals surface area contributed by atoms with E-state index in [1.807, 2.05) is 25.7 Å². The van der Waals surface area contributed by atoms with E-state index in [-0.39, 0.29) is 18.6 Å². The van der Waals surface area contributed by atoms with Crippen LogP contribution in [-0.4, -0.2) is 81.1 Å². The summed E-state index contributed by atoms with van der Waals surface area (Å²) in [6.45, 7) is 12.9. The first-order valence-corrected chi connectivity index (χ1v) is 10.9. The molecule has 1 unspecified atom stereocenters. The van der Waals surface area contributed by atoms with Crippen molar-refractivity contribution in [1.29, 1.82) is 0 Å². The number of carbonyl (C=O) groups is 2. The maximum atomic E-state index is 13.3. The number of aliphatic hydroxyl groups is 2. The van der Waals surface area contributed by atoms with Crippen LogP contribution in [0.1, 0.15) is 32.3 Å². The van der Waals surface area contributed by atoms with E-state index in [4.69, 9.17) is 28.6 Å². The van der Waals surface area contributed by atoms with E-state index in [1.54, 1.807) is 23.1 Å². The minimum atomic E-state index is -1.09. The predicted molar refractivity (Wildman–Crippen MR) is 122 cm³/mol. The number of aryl methyl sites for hydroxylation is 1. The summed E-state index contributed by atoms with van der Waals surface area (Å²) in [4.78, 5) is 34.0. The van der Waals surface area contributed by atoms with Crippen LogP contribution in [-0.2, 0) is 9.53 Å². The second-order valence-corrected chi connectivity index (χ2v) is 8.93. The van der Waals surface area contributed by atoms with Gasteiger partial charge < -0.3 is 24.7 Å². The molecule has 2 heterocycles. The molecule has 2 aliphatic rings. The Bertz CT molecular complexity index is 952. The van der Waals surface area contributed by atoms with Gasteiger partial charge in [0.2, 0.25) is 0 Å². The number of amides is 2. The molecule has 172 valence electrons. The Hall–Kier alpha value is -2.74. The van der Waals surface area contributed by atoms with Gasteiger partial charge in [0.1, 0.15) is 18.2 Å². The van der Waals surface area contributed by atoms with Gasteiger partial charge in [0.15, 0.2) is 10.8 Å². The van der Waals surface area contributed by atoms with Crippen LogP contribution in [0.5, 0.6) is 0 Å². The third-order valence-electron chi connectivity index (χ3n) is 5.98. The molecular formula is C22H28N4O5S. The van der Waals surface area contributed by atoms with Gasteiger partial charge >= 0.3 is 6.09 Å². The fraction of sp³-hybridized carbons (Fsp3) is 0.545. The molecule has 10 heteroatoms. The first kappa shape index (κ1) is 23.9.